The molecule has 0 aromatic carbocycles. The lowest BCUT2D eigenvalue weighted by atomic mass is 9.79. The summed E-state index contributed by atoms with van der Waals surface area (Å²) in [5, 5.41) is 3.37. The number of hydrogen-bond acceptors (Lipinski definition) is 3. The predicted octanol–water partition coefficient (Wildman–Crippen LogP) is 1.72. The van der Waals surface area contributed by atoms with Crippen LogP contribution >= 0.6 is 0 Å². The number of carbonyl (C=O) groups excluding carboxylic acids is 1. The molecule has 104 valence electrons. The van der Waals surface area contributed by atoms with E-state index in [1.165, 1.54) is 19.3 Å². The molecule has 0 aromatic rings. The van der Waals surface area contributed by atoms with Gasteiger partial charge in [0.2, 0.25) is 5.91 Å². The van der Waals surface area contributed by atoms with Crippen molar-refractivity contribution in [3.05, 3.63) is 0 Å². The molecule has 0 radical (unpaired) electrons. The second kappa shape index (κ2) is 6.02. The lowest BCUT2D eigenvalue weighted by molar-refractivity contribution is -0.131. The van der Waals surface area contributed by atoms with Gasteiger partial charge in [-0.05, 0) is 51.5 Å². The summed E-state index contributed by atoms with van der Waals surface area (Å²) in [6.07, 6.45) is 9.01. The maximum Gasteiger partial charge on any atom is 0.237 e. The topological polar surface area (TPSA) is 64.3 Å². The molecule has 1 amide bonds. The minimum atomic E-state index is -0.525. The molecular weight excluding hydrogens is 228 g/mol. The molecule has 2 unspecified atom stereocenters. The minimum Gasteiger partial charge on any atom is -0.375 e. The summed E-state index contributed by atoms with van der Waals surface area (Å²) in [4.78, 5) is 11.8. The molecule has 0 saturated heterocycles. The van der Waals surface area contributed by atoms with Crippen molar-refractivity contribution < 1.29 is 9.53 Å². The van der Waals surface area contributed by atoms with E-state index in [9.17, 15) is 4.79 Å². The lowest BCUT2D eigenvalue weighted by Crippen LogP contribution is -2.59. The zero-order valence-corrected chi connectivity index (χ0v) is 11.4. The van der Waals surface area contributed by atoms with Crippen molar-refractivity contribution in [1.82, 2.24) is 5.32 Å². The van der Waals surface area contributed by atoms with Gasteiger partial charge in [-0.15, -0.1) is 0 Å². The Hall–Kier alpha value is -0.610. The van der Waals surface area contributed by atoms with Crippen LogP contribution in [0.4, 0.5) is 0 Å². The Kier molecular flexibility index (Phi) is 4.62. The van der Waals surface area contributed by atoms with Gasteiger partial charge >= 0.3 is 0 Å². The average molecular weight is 254 g/mol. The number of ether oxygens (including phenoxy) is 1. The maximum absolute atomic E-state index is 11.8. The second-order valence-corrected chi connectivity index (χ2v) is 5.78. The van der Waals surface area contributed by atoms with E-state index < -0.39 is 5.54 Å². The zero-order chi connectivity index (χ0) is 13.0. The summed E-state index contributed by atoms with van der Waals surface area (Å²) in [6.45, 7) is 2.95. The fourth-order valence-electron chi connectivity index (χ4n) is 2.96. The van der Waals surface area contributed by atoms with E-state index >= 15 is 0 Å². The first-order valence-corrected chi connectivity index (χ1v) is 7.36. The molecule has 2 aliphatic rings. The van der Waals surface area contributed by atoms with Gasteiger partial charge in [0.1, 0.15) is 5.54 Å². The normalized spacial score (nSPS) is 33.1. The van der Waals surface area contributed by atoms with Crippen molar-refractivity contribution in [2.24, 2.45) is 5.73 Å². The molecule has 4 nitrogen and oxygen atoms in total. The highest BCUT2D eigenvalue weighted by molar-refractivity contribution is 5.84. The number of rotatable bonds is 6. The highest BCUT2D eigenvalue weighted by atomic mass is 16.5. The molecule has 4 heteroatoms. The van der Waals surface area contributed by atoms with E-state index in [-0.39, 0.29) is 12.0 Å². The molecule has 18 heavy (non-hydrogen) atoms. The highest BCUT2D eigenvalue weighted by Crippen LogP contribution is 2.33. The van der Waals surface area contributed by atoms with E-state index in [1.54, 1.807) is 0 Å². The first-order chi connectivity index (χ1) is 8.66. The fraction of sp³-hybridized carbons (Fsp3) is 0.929. The quantitative estimate of drug-likeness (QED) is 0.758. The van der Waals surface area contributed by atoms with Crippen LogP contribution in [0.3, 0.4) is 0 Å². The van der Waals surface area contributed by atoms with Gasteiger partial charge < -0.3 is 15.8 Å². The van der Waals surface area contributed by atoms with Gasteiger partial charge in [-0.2, -0.15) is 0 Å². The largest absolute Gasteiger partial charge is 0.375 e. The van der Waals surface area contributed by atoms with Gasteiger partial charge in [0.15, 0.2) is 0 Å². The van der Waals surface area contributed by atoms with Crippen LogP contribution in [0.15, 0.2) is 0 Å². The molecule has 2 atom stereocenters. The third kappa shape index (κ3) is 3.04. The zero-order valence-electron chi connectivity index (χ0n) is 11.4. The van der Waals surface area contributed by atoms with E-state index in [0.717, 1.165) is 38.6 Å². The highest BCUT2D eigenvalue weighted by Gasteiger charge is 2.42. The van der Waals surface area contributed by atoms with Gasteiger partial charge in [-0.25, -0.2) is 0 Å². The smallest absolute Gasteiger partial charge is 0.237 e. The Labute approximate surface area is 110 Å². The molecule has 0 spiro atoms. The maximum atomic E-state index is 11.8. The average Bonchev–Trinajstić information content (AvgIpc) is 2.32. The van der Waals surface area contributed by atoms with Gasteiger partial charge in [-0.3, -0.25) is 4.79 Å². The Morgan fingerprint density at radius 1 is 1.33 bits per heavy atom. The predicted molar refractivity (Wildman–Crippen MR) is 71.2 cm³/mol. The third-order valence-corrected chi connectivity index (χ3v) is 4.33. The Morgan fingerprint density at radius 3 is 2.61 bits per heavy atom. The summed E-state index contributed by atoms with van der Waals surface area (Å²) < 4.78 is 6.06. The third-order valence-electron chi connectivity index (χ3n) is 4.33. The van der Waals surface area contributed by atoms with Crippen molar-refractivity contribution in [1.29, 1.82) is 0 Å². The second-order valence-electron chi connectivity index (χ2n) is 5.78. The van der Waals surface area contributed by atoms with Gasteiger partial charge in [0.25, 0.3) is 0 Å². The van der Waals surface area contributed by atoms with E-state index in [1.807, 2.05) is 0 Å². The van der Waals surface area contributed by atoms with Gasteiger partial charge in [0, 0.05) is 6.42 Å². The molecule has 2 fully saturated rings. The van der Waals surface area contributed by atoms with Crippen LogP contribution in [-0.4, -0.2) is 30.2 Å². The first-order valence-electron chi connectivity index (χ1n) is 7.36. The number of amides is 1. The summed E-state index contributed by atoms with van der Waals surface area (Å²) >= 11 is 0. The van der Waals surface area contributed by atoms with Crippen LogP contribution < -0.4 is 11.1 Å². The van der Waals surface area contributed by atoms with Gasteiger partial charge in [0.05, 0.1) is 12.2 Å². The first kappa shape index (κ1) is 13.8. The molecule has 0 heterocycles. The Balaban J connectivity index is 1.93. The summed E-state index contributed by atoms with van der Waals surface area (Å²) in [7, 11) is 0. The number of carbonyl (C=O) groups is 1. The number of nitrogens with two attached hydrogens (primary N) is 1. The van der Waals surface area contributed by atoms with E-state index in [4.69, 9.17) is 10.5 Å². The van der Waals surface area contributed by atoms with E-state index in [0.29, 0.717) is 6.10 Å². The fourth-order valence-corrected chi connectivity index (χ4v) is 2.96. The molecule has 0 aliphatic heterocycles. The van der Waals surface area contributed by atoms with Gasteiger partial charge in [-0.1, -0.05) is 6.92 Å². The summed E-state index contributed by atoms with van der Waals surface area (Å²) in [6, 6.07) is 0. The SMILES string of the molecule is CCCNC1(C(N)=O)CCCC(OC2CCC2)C1. The number of hydrogen-bond donors (Lipinski definition) is 2. The molecule has 2 aliphatic carbocycles. The standard InChI is InChI=1S/C14H26N2O2/c1-2-9-16-14(13(15)17)8-4-7-12(10-14)18-11-5-3-6-11/h11-12,16H,2-10H2,1H3,(H2,15,17). The van der Waals surface area contributed by atoms with Crippen molar-refractivity contribution in [3.63, 3.8) is 0 Å². The minimum absolute atomic E-state index is 0.209. The van der Waals surface area contributed by atoms with Crippen LogP contribution in [0, 0.1) is 0 Å². The van der Waals surface area contributed by atoms with Crippen molar-refractivity contribution in [2.75, 3.05) is 6.54 Å². The monoisotopic (exact) mass is 254 g/mol. The van der Waals surface area contributed by atoms with Crippen LogP contribution in [0.1, 0.15) is 58.3 Å². The molecular formula is C14H26N2O2. The van der Waals surface area contributed by atoms with E-state index in [2.05, 4.69) is 12.2 Å². The van der Waals surface area contributed by atoms with Crippen LogP contribution in [0.5, 0.6) is 0 Å². The lowest BCUT2D eigenvalue weighted by Gasteiger charge is -2.41. The molecule has 3 N–H and O–H groups in total. The number of nitrogens with one attached hydrogen (secondary N) is 1. The Morgan fingerprint density at radius 2 is 2.06 bits per heavy atom. The molecule has 2 rings (SSSR count). The summed E-state index contributed by atoms with van der Waals surface area (Å²) in [5.41, 5.74) is 5.10. The summed E-state index contributed by atoms with van der Waals surface area (Å²) in [5.74, 6) is -0.210. The van der Waals surface area contributed by atoms with Crippen LogP contribution in [0.25, 0.3) is 0 Å². The molecule has 0 aromatic heterocycles. The van der Waals surface area contributed by atoms with Crippen LogP contribution in [-0.2, 0) is 9.53 Å². The van der Waals surface area contributed by atoms with Crippen molar-refractivity contribution >= 4 is 5.91 Å². The number of primary amides is 1. The van der Waals surface area contributed by atoms with Crippen molar-refractivity contribution in [3.8, 4) is 0 Å². The van der Waals surface area contributed by atoms with Crippen molar-refractivity contribution in [2.45, 2.75) is 76.0 Å². The molecule has 0 bridgehead atoms. The molecule has 2 saturated carbocycles. The van der Waals surface area contributed by atoms with Crippen LogP contribution in [0.2, 0.25) is 0 Å². The Bertz CT molecular complexity index is 292.